The molecule has 3 rings (SSSR count). The first-order chi connectivity index (χ1) is 13.2. The molecule has 0 unspecified atom stereocenters. The maximum atomic E-state index is 12.7. The van der Waals surface area contributed by atoms with Gasteiger partial charge in [0.25, 0.3) is 5.91 Å². The number of carbonyl (C=O) groups excluding carboxylic acids is 1. The van der Waals surface area contributed by atoms with Gasteiger partial charge in [-0.25, -0.2) is 0 Å². The molecule has 0 aromatic heterocycles. The average Bonchev–Trinajstić information content (AvgIpc) is 2.73. The van der Waals surface area contributed by atoms with Crippen molar-refractivity contribution in [3.63, 3.8) is 0 Å². The Morgan fingerprint density at radius 1 is 1.07 bits per heavy atom. The zero-order chi connectivity index (χ0) is 19.1. The third kappa shape index (κ3) is 5.33. The Balaban J connectivity index is 1.57. The van der Waals surface area contributed by atoms with Gasteiger partial charge in [-0.2, -0.15) is 0 Å². The Bertz CT molecular complexity index is 718. The lowest BCUT2D eigenvalue weighted by molar-refractivity contribution is 0.00709. The van der Waals surface area contributed by atoms with Gasteiger partial charge in [-0.1, -0.05) is 24.3 Å². The Morgan fingerprint density at radius 3 is 2.33 bits per heavy atom. The van der Waals surface area contributed by atoms with E-state index in [2.05, 4.69) is 0 Å². The lowest BCUT2D eigenvalue weighted by atomic mass is 10.0. The van der Waals surface area contributed by atoms with Crippen LogP contribution >= 0.6 is 0 Å². The first-order valence-corrected chi connectivity index (χ1v) is 9.87. The maximum Gasteiger partial charge on any atom is 0.253 e. The molecule has 1 heterocycles. The molecule has 1 saturated heterocycles. The van der Waals surface area contributed by atoms with E-state index in [1.54, 1.807) is 4.90 Å². The van der Waals surface area contributed by atoms with Gasteiger partial charge in [0.15, 0.2) is 0 Å². The normalized spacial score (nSPS) is 16.7. The highest BCUT2D eigenvalue weighted by atomic mass is 16.5. The highest BCUT2D eigenvalue weighted by molar-refractivity contribution is 5.94. The second kappa shape index (κ2) is 9.56. The molecular formula is C23H29NO3. The minimum Gasteiger partial charge on any atom is -0.494 e. The Morgan fingerprint density at radius 2 is 1.74 bits per heavy atom. The van der Waals surface area contributed by atoms with Crippen molar-refractivity contribution < 1.29 is 14.3 Å². The van der Waals surface area contributed by atoms with E-state index in [9.17, 15) is 4.79 Å². The van der Waals surface area contributed by atoms with Crippen LogP contribution in [0.25, 0.3) is 11.1 Å². The number of benzene rings is 2. The number of hydrogen-bond acceptors (Lipinski definition) is 3. The van der Waals surface area contributed by atoms with Crippen molar-refractivity contribution in [3.05, 3.63) is 54.1 Å². The lowest BCUT2D eigenvalue weighted by Gasteiger charge is -2.25. The fourth-order valence-electron chi connectivity index (χ4n) is 3.41. The molecule has 0 N–H and O–H groups in total. The summed E-state index contributed by atoms with van der Waals surface area (Å²) in [5.74, 6) is 0.931. The molecule has 1 aliphatic heterocycles. The van der Waals surface area contributed by atoms with Crippen LogP contribution in [0, 0.1) is 0 Å². The molecule has 144 valence electrons. The predicted molar refractivity (Wildman–Crippen MR) is 108 cm³/mol. The van der Waals surface area contributed by atoms with E-state index in [1.165, 1.54) is 6.42 Å². The number of ether oxygens (including phenoxy) is 2. The van der Waals surface area contributed by atoms with Gasteiger partial charge >= 0.3 is 0 Å². The van der Waals surface area contributed by atoms with Gasteiger partial charge in [-0.05, 0) is 68.0 Å². The van der Waals surface area contributed by atoms with Crippen LogP contribution in [0.4, 0.5) is 0 Å². The van der Waals surface area contributed by atoms with E-state index in [4.69, 9.17) is 9.47 Å². The van der Waals surface area contributed by atoms with Crippen LogP contribution in [-0.2, 0) is 4.74 Å². The van der Waals surface area contributed by atoms with Gasteiger partial charge in [0.1, 0.15) is 5.75 Å². The number of nitrogens with zero attached hydrogens (tertiary/aromatic N) is 1. The number of hydrogen-bond donors (Lipinski definition) is 0. The fourth-order valence-corrected chi connectivity index (χ4v) is 3.41. The standard InChI is InChI=1S/C23H29NO3/c1-3-26-22-13-11-19(12-14-22)18-7-9-20(10-8-18)23(25)24(2)16-15-21-6-4-5-17-27-21/h7-14,21H,3-6,15-17H2,1-2H3/t21-/m0/s1. The van der Waals surface area contributed by atoms with Crippen molar-refractivity contribution in [2.45, 2.75) is 38.7 Å². The van der Waals surface area contributed by atoms with Crippen LogP contribution in [0.5, 0.6) is 5.75 Å². The molecule has 0 saturated carbocycles. The third-order valence-electron chi connectivity index (χ3n) is 5.04. The van der Waals surface area contributed by atoms with Gasteiger partial charge in [0.05, 0.1) is 12.7 Å². The van der Waals surface area contributed by atoms with Gasteiger partial charge in [-0.15, -0.1) is 0 Å². The van der Waals surface area contributed by atoms with E-state index >= 15 is 0 Å². The summed E-state index contributed by atoms with van der Waals surface area (Å²) in [4.78, 5) is 14.4. The minimum atomic E-state index is 0.0593. The van der Waals surface area contributed by atoms with Gasteiger partial charge in [-0.3, -0.25) is 4.79 Å². The molecule has 0 radical (unpaired) electrons. The third-order valence-corrected chi connectivity index (χ3v) is 5.04. The van der Waals surface area contributed by atoms with Crippen molar-refractivity contribution in [2.75, 3.05) is 26.8 Å². The molecular weight excluding hydrogens is 338 g/mol. The summed E-state index contributed by atoms with van der Waals surface area (Å²) in [5, 5.41) is 0. The molecule has 0 spiro atoms. The SMILES string of the molecule is CCOc1ccc(-c2ccc(C(=O)N(C)CC[C@@H]3CCCCO3)cc2)cc1. The molecule has 1 aliphatic rings. The van der Waals surface area contributed by atoms with E-state index in [0.717, 1.165) is 54.9 Å². The van der Waals surface area contributed by atoms with E-state index in [0.29, 0.717) is 12.7 Å². The van der Waals surface area contributed by atoms with Crippen molar-refractivity contribution in [1.82, 2.24) is 4.90 Å². The molecule has 27 heavy (non-hydrogen) atoms. The summed E-state index contributed by atoms with van der Waals surface area (Å²) in [6.07, 6.45) is 4.71. The van der Waals surface area contributed by atoms with E-state index < -0.39 is 0 Å². The molecule has 2 aromatic rings. The first-order valence-electron chi connectivity index (χ1n) is 9.87. The van der Waals surface area contributed by atoms with E-state index in [-0.39, 0.29) is 5.91 Å². The molecule has 1 amide bonds. The summed E-state index contributed by atoms with van der Waals surface area (Å²) in [6, 6.07) is 15.8. The highest BCUT2D eigenvalue weighted by Crippen LogP contribution is 2.23. The number of rotatable bonds is 7. The largest absolute Gasteiger partial charge is 0.494 e. The second-order valence-corrected chi connectivity index (χ2v) is 7.04. The van der Waals surface area contributed by atoms with E-state index in [1.807, 2.05) is 62.5 Å². The Labute approximate surface area is 162 Å². The predicted octanol–water partition coefficient (Wildman–Crippen LogP) is 4.78. The monoisotopic (exact) mass is 367 g/mol. The van der Waals surface area contributed by atoms with Gasteiger partial charge < -0.3 is 14.4 Å². The quantitative estimate of drug-likeness (QED) is 0.707. The van der Waals surface area contributed by atoms with Crippen LogP contribution in [-0.4, -0.2) is 43.7 Å². The molecule has 1 fully saturated rings. The smallest absolute Gasteiger partial charge is 0.253 e. The van der Waals surface area contributed by atoms with Crippen LogP contribution in [0.2, 0.25) is 0 Å². The molecule has 4 nitrogen and oxygen atoms in total. The zero-order valence-electron chi connectivity index (χ0n) is 16.3. The highest BCUT2D eigenvalue weighted by Gasteiger charge is 2.17. The molecule has 0 bridgehead atoms. The summed E-state index contributed by atoms with van der Waals surface area (Å²) < 4.78 is 11.2. The fraction of sp³-hybridized carbons (Fsp3) is 0.435. The topological polar surface area (TPSA) is 38.8 Å². The first kappa shape index (κ1) is 19.4. The zero-order valence-corrected chi connectivity index (χ0v) is 16.3. The van der Waals surface area contributed by atoms with Crippen LogP contribution in [0.15, 0.2) is 48.5 Å². The second-order valence-electron chi connectivity index (χ2n) is 7.04. The minimum absolute atomic E-state index is 0.0593. The molecule has 2 aromatic carbocycles. The Kier molecular flexibility index (Phi) is 6.88. The van der Waals surface area contributed by atoms with Gasteiger partial charge in [0.2, 0.25) is 0 Å². The number of amides is 1. The van der Waals surface area contributed by atoms with Crippen LogP contribution < -0.4 is 4.74 Å². The summed E-state index contributed by atoms with van der Waals surface area (Å²) >= 11 is 0. The molecule has 4 heteroatoms. The van der Waals surface area contributed by atoms with Crippen molar-refractivity contribution >= 4 is 5.91 Å². The summed E-state index contributed by atoms with van der Waals surface area (Å²) in [7, 11) is 1.87. The van der Waals surface area contributed by atoms with Crippen LogP contribution in [0.1, 0.15) is 43.0 Å². The maximum absolute atomic E-state index is 12.7. The molecule has 1 atom stereocenters. The average molecular weight is 367 g/mol. The lowest BCUT2D eigenvalue weighted by Crippen LogP contribution is -2.31. The summed E-state index contributed by atoms with van der Waals surface area (Å²) in [6.45, 7) is 4.22. The molecule has 0 aliphatic carbocycles. The van der Waals surface area contributed by atoms with Crippen LogP contribution in [0.3, 0.4) is 0 Å². The van der Waals surface area contributed by atoms with Gasteiger partial charge in [0, 0.05) is 25.8 Å². The Hall–Kier alpha value is -2.33. The number of carbonyl (C=O) groups is 1. The van der Waals surface area contributed by atoms with Crippen molar-refractivity contribution in [2.24, 2.45) is 0 Å². The summed E-state index contributed by atoms with van der Waals surface area (Å²) in [5.41, 5.74) is 2.92. The van der Waals surface area contributed by atoms with Crippen molar-refractivity contribution in [1.29, 1.82) is 0 Å². The van der Waals surface area contributed by atoms with Crippen molar-refractivity contribution in [3.8, 4) is 16.9 Å².